The number of aryl methyl sites for hydroxylation is 2. The van der Waals surface area contributed by atoms with Crippen LogP contribution in [0.3, 0.4) is 0 Å². The largest absolute Gasteiger partial charge is 0.390 e. The molecule has 0 spiro atoms. The molecule has 1 aromatic heterocycles. The maximum Gasteiger partial charge on any atom is 0.239 e. The number of hydrogen-bond donors (Lipinski definition) is 4. The van der Waals surface area contributed by atoms with Crippen molar-refractivity contribution in [2.75, 3.05) is 6.54 Å². The predicted octanol–water partition coefficient (Wildman–Crippen LogP) is 1.44. The molecule has 31 heavy (non-hydrogen) atoms. The molecule has 176 valence electrons. The highest BCUT2D eigenvalue weighted by Gasteiger charge is 2.38. The molecule has 8 heteroatoms. The Morgan fingerprint density at radius 3 is 2.42 bits per heavy atom. The topological polar surface area (TPSA) is 136 Å². The van der Waals surface area contributed by atoms with Gasteiger partial charge in [0.15, 0.2) is 5.78 Å². The van der Waals surface area contributed by atoms with Crippen LogP contribution in [0, 0.1) is 31.6 Å². The van der Waals surface area contributed by atoms with Crippen LogP contribution < -0.4 is 16.8 Å². The van der Waals surface area contributed by atoms with E-state index in [0.717, 1.165) is 37.1 Å². The summed E-state index contributed by atoms with van der Waals surface area (Å²) in [5, 5.41) is 18.2. The van der Waals surface area contributed by atoms with Crippen LogP contribution in [0.5, 0.6) is 0 Å². The lowest BCUT2D eigenvalue weighted by Gasteiger charge is -2.32. The first kappa shape index (κ1) is 25.5. The molecule has 2 unspecified atom stereocenters. The highest BCUT2D eigenvalue weighted by atomic mass is 16.3. The zero-order valence-corrected chi connectivity index (χ0v) is 19.5. The zero-order chi connectivity index (χ0) is 23.1. The molecule has 1 heterocycles. The number of aromatic nitrogens is 2. The van der Waals surface area contributed by atoms with Gasteiger partial charge in [-0.05, 0) is 38.2 Å². The summed E-state index contributed by atoms with van der Waals surface area (Å²) in [4.78, 5) is 25.8. The third kappa shape index (κ3) is 7.40. The molecule has 1 amide bonds. The van der Waals surface area contributed by atoms with Crippen molar-refractivity contribution in [3.05, 3.63) is 17.5 Å². The third-order valence-electron chi connectivity index (χ3n) is 6.28. The number of carbonyl (C=O) groups is 2. The number of nitrogens with two attached hydrogens (primary N) is 2. The fourth-order valence-corrected chi connectivity index (χ4v) is 4.44. The van der Waals surface area contributed by atoms with Crippen molar-refractivity contribution < 1.29 is 14.7 Å². The van der Waals surface area contributed by atoms with Gasteiger partial charge in [-0.1, -0.05) is 46.0 Å². The van der Waals surface area contributed by atoms with Gasteiger partial charge in [0.25, 0.3) is 0 Å². The average molecular weight is 436 g/mol. The van der Waals surface area contributed by atoms with Gasteiger partial charge in [0.05, 0.1) is 24.4 Å². The van der Waals surface area contributed by atoms with Crippen LogP contribution >= 0.6 is 0 Å². The molecule has 0 saturated heterocycles. The second kappa shape index (κ2) is 11.7. The van der Waals surface area contributed by atoms with E-state index in [0.29, 0.717) is 18.9 Å². The van der Waals surface area contributed by atoms with Crippen molar-refractivity contribution >= 4 is 11.7 Å². The van der Waals surface area contributed by atoms with Crippen molar-refractivity contribution in [3.63, 3.8) is 0 Å². The van der Waals surface area contributed by atoms with Crippen molar-refractivity contribution in [1.82, 2.24) is 15.1 Å². The summed E-state index contributed by atoms with van der Waals surface area (Å²) in [5.41, 5.74) is 14.2. The van der Waals surface area contributed by atoms with Gasteiger partial charge in [-0.25, -0.2) is 0 Å². The first-order chi connectivity index (χ1) is 14.6. The van der Waals surface area contributed by atoms with Crippen LogP contribution in [0.4, 0.5) is 0 Å². The number of ketones is 1. The van der Waals surface area contributed by atoms with Gasteiger partial charge in [0.1, 0.15) is 6.04 Å². The Morgan fingerprint density at radius 1 is 1.23 bits per heavy atom. The predicted molar refractivity (Wildman–Crippen MR) is 121 cm³/mol. The van der Waals surface area contributed by atoms with Crippen molar-refractivity contribution in [3.8, 4) is 0 Å². The Labute approximate surface area is 186 Å². The van der Waals surface area contributed by atoms with Crippen molar-refractivity contribution in [1.29, 1.82) is 0 Å². The SMILES string of the molecule is Cc1cc(C)n(CC(N)C(=O)[C@@H](CC2CCCCC2)[C@H](O)C(N)C(=O)NCC(C)C)n1. The monoisotopic (exact) mass is 435 g/mol. The zero-order valence-electron chi connectivity index (χ0n) is 19.5. The first-order valence-corrected chi connectivity index (χ1v) is 11.6. The number of rotatable bonds is 11. The van der Waals surface area contributed by atoms with E-state index < -0.39 is 30.0 Å². The number of carbonyl (C=O) groups excluding carboxylic acids is 2. The molecule has 1 fully saturated rings. The van der Waals surface area contributed by atoms with Gasteiger partial charge in [-0.15, -0.1) is 0 Å². The highest BCUT2D eigenvalue weighted by Crippen LogP contribution is 2.31. The minimum Gasteiger partial charge on any atom is -0.390 e. The van der Waals surface area contributed by atoms with Crippen molar-refractivity contribution in [2.45, 2.75) is 91.0 Å². The first-order valence-electron chi connectivity index (χ1n) is 11.6. The molecule has 0 aromatic carbocycles. The van der Waals surface area contributed by atoms with Gasteiger partial charge in [0.2, 0.25) is 5.91 Å². The molecule has 0 radical (unpaired) electrons. The standard InChI is InChI=1S/C23H41N5O3/c1-14(2)12-26-23(31)20(25)22(30)18(11-17-8-6-5-7-9-17)21(29)19(24)13-28-16(4)10-15(3)27-28/h10,14,17-20,22,30H,5-9,11-13,24-25H2,1-4H3,(H,26,31)/t18-,19?,20?,22+/m1/s1. The minimum absolute atomic E-state index is 0.237. The van der Waals surface area contributed by atoms with E-state index in [1.54, 1.807) is 4.68 Å². The molecular weight excluding hydrogens is 394 g/mol. The van der Waals surface area contributed by atoms with E-state index in [1.165, 1.54) is 6.42 Å². The van der Waals surface area contributed by atoms with Crippen LogP contribution in [-0.4, -0.2) is 51.3 Å². The quantitative estimate of drug-likeness (QED) is 0.415. The second-order valence-electron chi connectivity index (χ2n) is 9.62. The van der Waals surface area contributed by atoms with E-state index >= 15 is 0 Å². The summed E-state index contributed by atoms with van der Waals surface area (Å²) in [6, 6.07) is -0.0649. The number of amides is 1. The summed E-state index contributed by atoms with van der Waals surface area (Å²) < 4.78 is 1.72. The van der Waals surface area contributed by atoms with Gasteiger partial charge < -0.3 is 21.9 Å². The Bertz CT molecular complexity index is 727. The van der Waals surface area contributed by atoms with E-state index in [4.69, 9.17) is 11.5 Å². The molecule has 4 atom stereocenters. The molecule has 8 nitrogen and oxygen atoms in total. The number of nitrogens with one attached hydrogen (secondary N) is 1. The Kier molecular flexibility index (Phi) is 9.65. The van der Waals surface area contributed by atoms with Crippen molar-refractivity contribution in [2.24, 2.45) is 29.2 Å². The fraction of sp³-hybridized carbons (Fsp3) is 0.783. The number of Topliss-reactive ketones (excluding diaryl/α,β-unsaturated/α-hetero) is 1. The molecular formula is C23H41N5O3. The summed E-state index contributed by atoms with van der Waals surface area (Å²) in [7, 11) is 0. The normalized spacial score (nSPS) is 19.1. The minimum atomic E-state index is -1.27. The number of hydrogen-bond acceptors (Lipinski definition) is 6. The lowest BCUT2D eigenvalue weighted by Crippen LogP contribution is -2.55. The fourth-order valence-electron chi connectivity index (χ4n) is 4.44. The Balaban J connectivity index is 2.14. The van der Waals surface area contributed by atoms with E-state index in [2.05, 4.69) is 10.4 Å². The number of aliphatic hydroxyl groups excluding tert-OH is 1. The Morgan fingerprint density at radius 2 is 1.87 bits per heavy atom. The summed E-state index contributed by atoms with van der Waals surface area (Å²) in [6.07, 6.45) is 4.74. The van der Waals surface area contributed by atoms with E-state index in [1.807, 2.05) is 33.8 Å². The lowest BCUT2D eigenvalue weighted by molar-refractivity contribution is -0.133. The molecule has 6 N–H and O–H groups in total. The molecule has 1 aliphatic rings. The summed E-state index contributed by atoms with van der Waals surface area (Å²) in [5.74, 6) is -0.853. The van der Waals surface area contributed by atoms with Gasteiger partial charge >= 0.3 is 0 Å². The molecule has 1 saturated carbocycles. The number of aliphatic hydroxyl groups is 1. The molecule has 1 aliphatic carbocycles. The second-order valence-corrected chi connectivity index (χ2v) is 9.62. The molecule has 1 aromatic rings. The van der Waals surface area contributed by atoms with Crippen LogP contribution in [0.15, 0.2) is 6.07 Å². The van der Waals surface area contributed by atoms with Crippen LogP contribution in [-0.2, 0) is 16.1 Å². The molecule has 0 bridgehead atoms. The molecule has 0 aliphatic heterocycles. The van der Waals surface area contributed by atoms with Crippen LogP contribution in [0.1, 0.15) is 63.8 Å². The third-order valence-corrected chi connectivity index (χ3v) is 6.28. The average Bonchev–Trinajstić information content (AvgIpc) is 3.05. The van der Waals surface area contributed by atoms with Crippen LogP contribution in [0.25, 0.3) is 0 Å². The summed E-state index contributed by atoms with van der Waals surface area (Å²) in [6.45, 7) is 8.48. The maximum atomic E-state index is 13.4. The smallest absolute Gasteiger partial charge is 0.239 e. The van der Waals surface area contributed by atoms with Gasteiger partial charge in [-0.3, -0.25) is 14.3 Å². The Hall–Kier alpha value is -1.77. The summed E-state index contributed by atoms with van der Waals surface area (Å²) >= 11 is 0. The van der Waals surface area contributed by atoms with Crippen LogP contribution in [0.2, 0.25) is 0 Å². The maximum absolute atomic E-state index is 13.4. The number of nitrogens with zero attached hydrogens (tertiary/aromatic N) is 2. The highest BCUT2D eigenvalue weighted by molar-refractivity contribution is 5.88. The lowest BCUT2D eigenvalue weighted by atomic mass is 9.77. The molecule has 2 rings (SSSR count). The van der Waals surface area contributed by atoms with E-state index in [9.17, 15) is 14.7 Å². The van der Waals surface area contributed by atoms with E-state index in [-0.39, 0.29) is 18.2 Å². The van der Waals surface area contributed by atoms with Gasteiger partial charge in [-0.2, -0.15) is 5.10 Å². The van der Waals surface area contributed by atoms with Gasteiger partial charge in [0, 0.05) is 18.2 Å².